The minimum atomic E-state index is -3.38. The fourth-order valence-corrected chi connectivity index (χ4v) is 4.96. The van der Waals surface area contributed by atoms with Crippen LogP contribution in [0.4, 0.5) is 0 Å². The predicted octanol–water partition coefficient (Wildman–Crippen LogP) is 2.69. The number of nitrogens with one attached hydrogen (secondary N) is 2. The van der Waals surface area contributed by atoms with Gasteiger partial charge in [-0.25, -0.2) is 8.42 Å². The smallest absolute Gasteiger partial charge is 0.243 e. The lowest BCUT2D eigenvalue weighted by Gasteiger charge is -2.31. The third-order valence-electron chi connectivity index (χ3n) is 5.54. The number of hydrogen-bond donors (Lipinski definition) is 2. The SMILES string of the molecule is CN=C(NCCCOCC1CC1)NCC1CCN(S(=O)(=O)c2ccccc2)CC1.I. The molecule has 1 heterocycles. The van der Waals surface area contributed by atoms with Gasteiger partial charge in [0.25, 0.3) is 0 Å². The fourth-order valence-electron chi connectivity index (χ4n) is 3.47. The molecule has 1 aromatic carbocycles. The molecule has 0 aromatic heterocycles. The van der Waals surface area contributed by atoms with Crippen LogP contribution in [0, 0.1) is 11.8 Å². The normalized spacial score (nSPS) is 18.6. The minimum Gasteiger partial charge on any atom is -0.381 e. The number of aliphatic imine (C=N–C) groups is 1. The van der Waals surface area contributed by atoms with E-state index in [1.165, 1.54) is 12.8 Å². The average Bonchev–Trinajstić information content (AvgIpc) is 3.58. The number of halogens is 1. The molecule has 170 valence electrons. The zero-order valence-electron chi connectivity index (χ0n) is 17.8. The Morgan fingerprint density at radius 1 is 1.10 bits per heavy atom. The number of ether oxygens (including phenoxy) is 1. The third-order valence-corrected chi connectivity index (χ3v) is 7.46. The monoisotopic (exact) mass is 550 g/mol. The van der Waals surface area contributed by atoms with E-state index in [0.717, 1.165) is 57.4 Å². The van der Waals surface area contributed by atoms with Crippen LogP contribution in [0.15, 0.2) is 40.2 Å². The van der Waals surface area contributed by atoms with Crippen LogP contribution in [0.3, 0.4) is 0 Å². The quantitative estimate of drug-likeness (QED) is 0.203. The Balaban J connectivity index is 0.00000320. The standard InChI is InChI=1S/C21H34N4O3S.HI/c1-22-21(23-12-5-15-28-17-19-8-9-19)24-16-18-10-13-25(14-11-18)29(26,27)20-6-3-2-4-7-20;/h2-4,6-7,18-19H,5,8-17H2,1H3,(H2,22,23,24);1H. The lowest BCUT2D eigenvalue weighted by Crippen LogP contribution is -2.44. The van der Waals surface area contributed by atoms with Crippen molar-refractivity contribution in [1.29, 1.82) is 0 Å². The Kier molecular flexibility index (Phi) is 10.8. The fraction of sp³-hybridized carbons (Fsp3) is 0.667. The van der Waals surface area contributed by atoms with Gasteiger partial charge in [-0.1, -0.05) is 18.2 Å². The molecule has 1 aliphatic heterocycles. The summed E-state index contributed by atoms with van der Waals surface area (Å²) in [5.41, 5.74) is 0. The Labute approximate surface area is 198 Å². The van der Waals surface area contributed by atoms with Crippen LogP contribution in [-0.4, -0.2) is 65.1 Å². The topological polar surface area (TPSA) is 83.0 Å². The van der Waals surface area contributed by atoms with E-state index >= 15 is 0 Å². The summed E-state index contributed by atoms with van der Waals surface area (Å²) in [5, 5.41) is 6.69. The highest BCUT2D eigenvalue weighted by Gasteiger charge is 2.29. The van der Waals surface area contributed by atoms with Gasteiger partial charge >= 0.3 is 0 Å². The summed E-state index contributed by atoms with van der Waals surface area (Å²) >= 11 is 0. The summed E-state index contributed by atoms with van der Waals surface area (Å²) in [4.78, 5) is 4.65. The third kappa shape index (κ3) is 7.97. The minimum absolute atomic E-state index is 0. The summed E-state index contributed by atoms with van der Waals surface area (Å²) in [6, 6.07) is 8.69. The molecule has 0 unspecified atom stereocenters. The van der Waals surface area contributed by atoms with E-state index < -0.39 is 10.0 Å². The Bertz CT molecular complexity index is 749. The molecule has 0 radical (unpaired) electrons. The highest BCUT2D eigenvalue weighted by atomic mass is 127. The summed E-state index contributed by atoms with van der Waals surface area (Å²) < 4.78 is 32.7. The van der Waals surface area contributed by atoms with Crippen molar-refractivity contribution < 1.29 is 13.2 Å². The van der Waals surface area contributed by atoms with Gasteiger partial charge in [0.05, 0.1) is 4.90 Å². The first-order chi connectivity index (χ1) is 14.1. The lowest BCUT2D eigenvalue weighted by molar-refractivity contribution is 0.123. The van der Waals surface area contributed by atoms with Gasteiger partial charge in [-0.05, 0) is 56.1 Å². The average molecular weight is 551 g/mol. The van der Waals surface area contributed by atoms with Gasteiger partial charge < -0.3 is 15.4 Å². The molecule has 30 heavy (non-hydrogen) atoms. The van der Waals surface area contributed by atoms with E-state index in [1.807, 2.05) is 6.07 Å². The Hall–Kier alpha value is -0.910. The number of nitrogens with zero attached hydrogens (tertiary/aromatic N) is 2. The molecule has 3 rings (SSSR count). The van der Waals surface area contributed by atoms with Gasteiger partial charge in [0, 0.05) is 46.4 Å². The molecular formula is C21H35IN4O3S. The van der Waals surface area contributed by atoms with E-state index in [2.05, 4.69) is 15.6 Å². The van der Waals surface area contributed by atoms with Gasteiger partial charge in [0.15, 0.2) is 5.96 Å². The maximum atomic E-state index is 12.7. The van der Waals surface area contributed by atoms with Crippen molar-refractivity contribution >= 4 is 40.0 Å². The van der Waals surface area contributed by atoms with Crippen molar-refractivity contribution in [2.24, 2.45) is 16.8 Å². The summed E-state index contributed by atoms with van der Waals surface area (Å²) in [6.07, 6.45) is 5.32. The van der Waals surface area contributed by atoms with Gasteiger partial charge in [0.2, 0.25) is 10.0 Å². The van der Waals surface area contributed by atoms with Crippen LogP contribution >= 0.6 is 24.0 Å². The van der Waals surface area contributed by atoms with Gasteiger partial charge in [-0.15, -0.1) is 24.0 Å². The summed E-state index contributed by atoms with van der Waals surface area (Å²) in [5.74, 6) is 2.05. The molecular weight excluding hydrogens is 515 g/mol. The first kappa shape index (κ1) is 25.4. The van der Waals surface area contributed by atoms with Crippen molar-refractivity contribution in [3.05, 3.63) is 30.3 Å². The number of benzene rings is 1. The number of rotatable bonds is 10. The molecule has 1 saturated heterocycles. The molecule has 0 spiro atoms. The van der Waals surface area contributed by atoms with Crippen LogP contribution in [0.2, 0.25) is 0 Å². The van der Waals surface area contributed by atoms with Crippen molar-refractivity contribution in [2.75, 3.05) is 46.4 Å². The van der Waals surface area contributed by atoms with Gasteiger partial charge in [-0.2, -0.15) is 4.31 Å². The molecule has 7 nitrogen and oxygen atoms in total. The highest BCUT2D eigenvalue weighted by Crippen LogP contribution is 2.28. The van der Waals surface area contributed by atoms with E-state index in [-0.39, 0.29) is 24.0 Å². The molecule has 1 aromatic rings. The van der Waals surface area contributed by atoms with Crippen molar-refractivity contribution in [3.63, 3.8) is 0 Å². The zero-order chi connectivity index (χ0) is 20.5. The Morgan fingerprint density at radius 3 is 2.43 bits per heavy atom. The second kappa shape index (κ2) is 12.8. The van der Waals surface area contributed by atoms with Gasteiger partial charge in [0.1, 0.15) is 0 Å². The molecule has 2 fully saturated rings. The largest absolute Gasteiger partial charge is 0.381 e. The maximum absolute atomic E-state index is 12.7. The van der Waals surface area contributed by atoms with Crippen LogP contribution in [0.1, 0.15) is 32.1 Å². The van der Waals surface area contributed by atoms with Crippen LogP contribution < -0.4 is 10.6 Å². The first-order valence-corrected chi connectivity index (χ1v) is 12.1. The number of sulfonamides is 1. The maximum Gasteiger partial charge on any atom is 0.243 e. The van der Waals surface area contributed by atoms with Crippen LogP contribution in [-0.2, 0) is 14.8 Å². The van der Waals surface area contributed by atoms with E-state index in [1.54, 1.807) is 35.6 Å². The second-order valence-electron chi connectivity index (χ2n) is 7.91. The van der Waals surface area contributed by atoms with Crippen molar-refractivity contribution in [1.82, 2.24) is 14.9 Å². The first-order valence-electron chi connectivity index (χ1n) is 10.7. The molecule has 0 amide bonds. The van der Waals surface area contributed by atoms with E-state index in [9.17, 15) is 8.42 Å². The number of guanidine groups is 1. The van der Waals surface area contributed by atoms with Gasteiger partial charge in [-0.3, -0.25) is 4.99 Å². The van der Waals surface area contributed by atoms with Crippen molar-refractivity contribution in [3.8, 4) is 0 Å². The zero-order valence-corrected chi connectivity index (χ0v) is 20.9. The van der Waals surface area contributed by atoms with Crippen LogP contribution in [0.25, 0.3) is 0 Å². The number of hydrogen-bond acceptors (Lipinski definition) is 4. The summed E-state index contributed by atoms with van der Waals surface area (Å²) in [7, 11) is -1.61. The molecule has 2 N–H and O–H groups in total. The second-order valence-corrected chi connectivity index (χ2v) is 9.85. The molecule has 2 aliphatic rings. The van der Waals surface area contributed by atoms with Crippen LogP contribution in [0.5, 0.6) is 0 Å². The molecule has 9 heteroatoms. The van der Waals surface area contributed by atoms with Crippen molar-refractivity contribution in [2.45, 2.75) is 37.0 Å². The molecule has 1 aliphatic carbocycles. The Morgan fingerprint density at radius 2 is 1.80 bits per heavy atom. The molecule has 0 atom stereocenters. The predicted molar refractivity (Wildman–Crippen MR) is 131 cm³/mol. The molecule has 1 saturated carbocycles. The molecule has 0 bridgehead atoms. The number of piperidine rings is 1. The summed E-state index contributed by atoms with van der Waals surface area (Å²) in [6.45, 7) is 4.46. The lowest BCUT2D eigenvalue weighted by atomic mass is 9.98. The van der Waals surface area contributed by atoms with E-state index in [0.29, 0.717) is 23.9 Å². The van der Waals surface area contributed by atoms with E-state index in [4.69, 9.17) is 4.74 Å². The highest BCUT2D eigenvalue weighted by molar-refractivity contribution is 14.0.